The Morgan fingerprint density at radius 1 is 1.82 bits per heavy atom. The van der Waals surface area contributed by atoms with Crippen LogP contribution in [0.4, 0.5) is 0 Å². The molecule has 1 fully saturated rings. The van der Waals surface area contributed by atoms with E-state index in [9.17, 15) is 4.79 Å². The van der Waals surface area contributed by atoms with Crippen LogP contribution in [0.25, 0.3) is 0 Å². The number of carbonyl (C=O) groups excluding carboxylic acids is 1. The van der Waals surface area contributed by atoms with Gasteiger partial charge in [0.2, 0.25) is 5.91 Å². The van der Waals surface area contributed by atoms with Gasteiger partial charge in [-0.1, -0.05) is 0 Å². The average molecular weight is 158 g/mol. The molecule has 1 rings (SSSR count). The molecule has 4 nitrogen and oxygen atoms in total. The van der Waals surface area contributed by atoms with E-state index in [-0.39, 0.29) is 18.1 Å². The summed E-state index contributed by atoms with van der Waals surface area (Å²) in [5.41, 5.74) is 5.07. The number of amides is 1. The third kappa shape index (κ3) is 2.17. The van der Waals surface area contributed by atoms with E-state index in [1.807, 2.05) is 0 Å². The van der Waals surface area contributed by atoms with Gasteiger partial charge in [0.25, 0.3) is 0 Å². The number of nitrogens with two attached hydrogens (primary N) is 1. The van der Waals surface area contributed by atoms with Gasteiger partial charge in [-0.05, 0) is 13.0 Å². The van der Waals surface area contributed by atoms with Crippen LogP contribution < -0.4 is 11.1 Å². The number of carbonyl (C=O) groups is 1. The van der Waals surface area contributed by atoms with Crippen molar-refractivity contribution in [3.63, 3.8) is 0 Å². The van der Waals surface area contributed by atoms with Crippen molar-refractivity contribution in [1.29, 1.82) is 0 Å². The Labute approximate surface area is 66.1 Å². The molecule has 0 saturated carbocycles. The first-order valence-corrected chi connectivity index (χ1v) is 3.78. The van der Waals surface area contributed by atoms with E-state index in [0.29, 0.717) is 6.42 Å². The second kappa shape index (κ2) is 3.69. The highest BCUT2D eigenvalue weighted by Crippen LogP contribution is 2.18. The molecule has 1 aliphatic rings. The van der Waals surface area contributed by atoms with E-state index in [4.69, 9.17) is 10.5 Å². The zero-order valence-corrected chi connectivity index (χ0v) is 6.67. The van der Waals surface area contributed by atoms with Crippen molar-refractivity contribution < 1.29 is 9.53 Å². The molecule has 0 aromatic heterocycles. The molecule has 1 saturated heterocycles. The highest BCUT2D eigenvalue weighted by Gasteiger charge is 2.27. The Kier molecular flexibility index (Phi) is 2.84. The summed E-state index contributed by atoms with van der Waals surface area (Å²) in [5.74, 6) is 0.0123. The van der Waals surface area contributed by atoms with Crippen LogP contribution in [0.1, 0.15) is 12.8 Å². The molecular weight excluding hydrogens is 144 g/mol. The van der Waals surface area contributed by atoms with Gasteiger partial charge in [0, 0.05) is 19.4 Å². The van der Waals surface area contributed by atoms with Crippen LogP contribution in [-0.2, 0) is 9.53 Å². The topological polar surface area (TPSA) is 64.3 Å². The lowest BCUT2D eigenvalue weighted by atomic mass is 10.0. The molecule has 11 heavy (non-hydrogen) atoms. The molecule has 1 heterocycles. The van der Waals surface area contributed by atoms with E-state index < -0.39 is 0 Å². The third-order valence-corrected chi connectivity index (χ3v) is 2.01. The van der Waals surface area contributed by atoms with Gasteiger partial charge in [0.15, 0.2) is 0 Å². The Balaban J connectivity index is 2.37. The summed E-state index contributed by atoms with van der Waals surface area (Å²) in [6, 6.07) is 0. The van der Waals surface area contributed by atoms with Crippen molar-refractivity contribution in [2.45, 2.75) is 19.1 Å². The Morgan fingerprint density at radius 3 is 3.09 bits per heavy atom. The van der Waals surface area contributed by atoms with Gasteiger partial charge in [0.05, 0.1) is 0 Å². The zero-order chi connectivity index (χ0) is 8.27. The number of primary amides is 1. The summed E-state index contributed by atoms with van der Waals surface area (Å²) in [5, 5.41) is 3.13. The van der Waals surface area contributed by atoms with Gasteiger partial charge in [-0.3, -0.25) is 10.1 Å². The lowest BCUT2D eigenvalue weighted by Gasteiger charge is -2.15. The van der Waals surface area contributed by atoms with Gasteiger partial charge in [-0.2, -0.15) is 0 Å². The van der Waals surface area contributed by atoms with E-state index in [0.717, 1.165) is 13.0 Å². The predicted octanol–water partition coefficient (Wildman–Crippen LogP) is -0.556. The molecule has 0 spiro atoms. The number of ether oxygens (including phenoxy) is 1. The van der Waals surface area contributed by atoms with Gasteiger partial charge in [-0.25, -0.2) is 0 Å². The Hall–Kier alpha value is -0.610. The van der Waals surface area contributed by atoms with Crippen molar-refractivity contribution in [3.05, 3.63) is 0 Å². The largest absolute Gasteiger partial charge is 0.370 e. The van der Waals surface area contributed by atoms with Crippen molar-refractivity contribution in [2.75, 3.05) is 13.7 Å². The monoisotopic (exact) mass is 158 g/mol. The minimum Gasteiger partial charge on any atom is -0.370 e. The molecule has 1 aliphatic heterocycles. The van der Waals surface area contributed by atoms with Gasteiger partial charge in [0.1, 0.15) is 6.23 Å². The number of hydrogen-bond acceptors (Lipinski definition) is 3. The fourth-order valence-corrected chi connectivity index (χ4v) is 1.47. The first-order chi connectivity index (χ1) is 5.24. The highest BCUT2D eigenvalue weighted by molar-refractivity contribution is 5.74. The lowest BCUT2D eigenvalue weighted by Crippen LogP contribution is -2.31. The number of hydrogen-bond donors (Lipinski definition) is 2. The van der Waals surface area contributed by atoms with Crippen molar-refractivity contribution in [1.82, 2.24) is 5.32 Å². The van der Waals surface area contributed by atoms with Crippen LogP contribution in [0.2, 0.25) is 0 Å². The summed E-state index contributed by atoms with van der Waals surface area (Å²) in [4.78, 5) is 10.6. The average Bonchev–Trinajstić information content (AvgIpc) is 2.34. The SMILES string of the molecule is COC1NCC[C@H]1CC(N)=O. The van der Waals surface area contributed by atoms with Crippen molar-refractivity contribution in [2.24, 2.45) is 11.7 Å². The molecular formula is C7H14N2O2. The van der Waals surface area contributed by atoms with E-state index in [1.165, 1.54) is 0 Å². The van der Waals surface area contributed by atoms with Crippen LogP contribution in [0.3, 0.4) is 0 Å². The van der Waals surface area contributed by atoms with Crippen LogP contribution in [0, 0.1) is 5.92 Å². The van der Waals surface area contributed by atoms with Crippen molar-refractivity contribution in [3.8, 4) is 0 Å². The van der Waals surface area contributed by atoms with Crippen LogP contribution >= 0.6 is 0 Å². The lowest BCUT2D eigenvalue weighted by molar-refractivity contribution is -0.119. The molecule has 3 N–H and O–H groups in total. The number of methoxy groups -OCH3 is 1. The first kappa shape index (κ1) is 8.49. The predicted molar refractivity (Wildman–Crippen MR) is 40.7 cm³/mol. The fourth-order valence-electron chi connectivity index (χ4n) is 1.47. The second-order valence-electron chi connectivity index (χ2n) is 2.83. The minimum absolute atomic E-state index is 0.0162. The molecule has 0 radical (unpaired) electrons. The van der Waals surface area contributed by atoms with Crippen LogP contribution in [-0.4, -0.2) is 25.8 Å². The van der Waals surface area contributed by atoms with Gasteiger partial charge < -0.3 is 10.5 Å². The fraction of sp³-hybridized carbons (Fsp3) is 0.857. The smallest absolute Gasteiger partial charge is 0.217 e. The third-order valence-electron chi connectivity index (χ3n) is 2.01. The Bertz CT molecular complexity index is 149. The molecule has 1 unspecified atom stereocenters. The van der Waals surface area contributed by atoms with E-state index >= 15 is 0 Å². The number of nitrogens with one attached hydrogen (secondary N) is 1. The summed E-state index contributed by atoms with van der Waals surface area (Å²) >= 11 is 0. The molecule has 4 heteroatoms. The standard InChI is InChI=1S/C7H14N2O2/c1-11-7-5(2-3-9-7)4-6(8)10/h5,7,9H,2-4H2,1H3,(H2,8,10)/t5-,7?/m0/s1. The molecule has 0 bridgehead atoms. The molecule has 64 valence electrons. The zero-order valence-electron chi connectivity index (χ0n) is 6.67. The van der Waals surface area contributed by atoms with Gasteiger partial charge >= 0.3 is 0 Å². The maximum absolute atomic E-state index is 10.6. The molecule has 0 aliphatic carbocycles. The second-order valence-corrected chi connectivity index (χ2v) is 2.83. The van der Waals surface area contributed by atoms with Crippen LogP contribution in [0.15, 0.2) is 0 Å². The first-order valence-electron chi connectivity index (χ1n) is 3.78. The van der Waals surface area contributed by atoms with Crippen molar-refractivity contribution >= 4 is 5.91 Å². The Morgan fingerprint density at radius 2 is 2.55 bits per heavy atom. The summed E-state index contributed by atoms with van der Waals surface area (Å²) in [6.45, 7) is 0.913. The quantitative estimate of drug-likeness (QED) is 0.579. The van der Waals surface area contributed by atoms with E-state index in [1.54, 1.807) is 7.11 Å². The molecule has 1 amide bonds. The summed E-state index contributed by atoms with van der Waals surface area (Å²) < 4.78 is 5.11. The molecule has 0 aromatic carbocycles. The maximum Gasteiger partial charge on any atom is 0.217 e. The van der Waals surface area contributed by atoms with E-state index in [2.05, 4.69) is 5.32 Å². The summed E-state index contributed by atoms with van der Waals surface area (Å²) in [6.07, 6.45) is 1.41. The van der Waals surface area contributed by atoms with Gasteiger partial charge in [-0.15, -0.1) is 0 Å². The van der Waals surface area contributed by atoms with Crippen LogP contribution in [0.5, 0.6) is 0 Å². The highest BCUT2D eigenvalue weighted by atomic mass is 16.5. The summed E-state index contributed by atoms with van der Waals surface area (Å²) in [7, 11) is 1.64. The molecule has 0 aromatic rings. The normalized spacial score (nSPS) is 30.6. The molecule has 2 atom stereocenters. The minimum atomic E-state index is -0.249. The number of rotatable bonds is 3. The maximum atomic E-state index is 10.6.